The largest absolute Gasteiger partial charge is 0.354 e. The van der Waals surface area contributed by atoms with Gasteiger partial charge in [-0.3, -0.25) is 14.4 Å². The van der Waals surface area contributed by atoms with E-state index in [1.807, 2.05) is 6.92 Å². The first kappa shape index (κ1) is 21.7. The minimum absolute atomic E-state index is 0. The van der Waals surface area contributed by atoms with E-state index in [1.165, 1.54) is 0 Å². The molecule has 2 aliphatic heterocycles. The molecule has 25 heavy (non-hydrogen) atoms. The summed E-state index contributed by atoms with van der Waals surface area (Å²) in [5.74, 6) is 0.255. The number of carbonyl (C=O) groups is 3. The van der Waals surface area contributed by atoms with Crippen LogP contribution in [0.2, 0.25) is 0 Å². The molecule has 3 N–H and O–H groups in total. The number of halogens is 1. The molecule has 2 fully saturated rings. The molecule has 0 saturated carbocycles. The third kappa shape index (κ3) is 7.20. The zero-order valence-electron chi connectivity index (χ0n) is 15.0. The normalized spacial score (nSPS) is 22.8. The Kier molecular flexibility index (Phi) is 9.82. The second kappa shape index (κ2) is 11.3. The van der Waals surface area contributed by atoms with E-state index in [2.05, 4.69) is 16.0 Å². The molecule has 0 spiro atoms. The number of rotatable bonds is 7. The number of nitrogens with one attached hydrogen (secondary N) is 3. The molecule has 2 saturated heterocycles. The van der Waals surface area contributed by atoms with Gasteiger partial charge in [-0.05, 0) is 44.6 Å². The molecule has 2 unspecified atom stereocenters. The van der Waals surface area contributed by atoms with Gasteiger partial charge >= 0.3 is 0 Å². The van der Waals surface area contributed by atoms with Gasteiger partial charge in [0.05, 0.1) is 12.6 Å². The van der Waals surface area contributed by atoms with Crippen molar-refractivity contribution >= 4 is 30.1 Å². The predicted octanol–water partition coefficient (Wildman–Crippen LogP) is 0.431. The van der Waals surface area contributed by atoms with Crippen LogP contribution in [-0.2, 0) is 14.4 Å². The van der Waals surface area contributed by atoms with E-state index >= 15 is 0 Å². The van der Waals surface area contributed by atoms with E-state index in [-0.39, 0.29) is 42.7 Å². The Morgan fingerprint density at radius 1 is 1.16 bits per heavy atom. The quantitative estimate of drug-likeness (QED) is 0.602. The number of hydrogen-bond donors (Lipinski definition) is 3. The predicted molar refractivity (Wildman–Crippen MR) is 98.5 cm³/mol. The monoisotopic (exact) mass is 374 g/mol. The van der Waals surface area contributed by atoms with Gasteiger partial charge in [-0.25, -0.2) is 0 Å². The summed E-state index contributed by atoms with van der Waals surface area (Å²) in [4.78, 5) is 37.5. The Morgan fingerprint density at radius 3 is 2.64 bits per heavy atom. The fourth-order valence-electron chi connectivity index (χ4n) is 3.34. The zero-order valence-corrected chi connectivity index (χ0v) is 15.8. The van der Waals surface area contributed by atoms with Crippen molar-refractivity contribution in [3.05, 3.63) is 0 Å². The average molecular weight is 375 g/mol. The summed E-state index contributed by atoms with van der Waals surface area (Å²) in [6.45, 7) is 4.92. The highest BCUT2D eigenvalue weighted by atomic mass is 35.5. The molecule has 0 aromatic carbocycles. The Hall–Kier alpha value is -1.34. The Bertz CT molecular complexity index is 455. The van der Waals surface area contributed by atoms with Crippen LogP contribution < -0.4 is 16.0 Å². The van der Waals surface area contributed by atoms with Crippen molar-refractivity contribution in [3.8, 4) is 0 Å². The highest BCUT2D eigenvalue weighted by Gasteiger charge is 2.26. The van der Waals surface area contributed by atoms with Crippen LogP contribution in [0.3, 0.4) is 0 Å². The van der Waals surface area contributed by atoms with Crippen molar-refractivity contribution in [3.63, 3.8) is 0 Å². The van der Waals surface area contributed by atoms with Gasteiger partial charge in [0.25, 0.3) is 0 Å². The molecule has 2 atom stereocenters. The maximum absolute atomic E-state index is 12.2. The molecule has 0 aromatic rings. The maximum Gasteiger partial charge on any atom is 0.241 e. The van der Waals surface area contributed by atoms with Gasteiger partial charge in [0.15, 0.2) is 0 Å². The van der Waals surface area contributed by atoms with Crippen LogP contribution in [0, 0.1) is 5.92 Å². The molecule has 0 aliphatic carbocycles. The van der Waals surface area contributed by atoms with Crippen molar-refractivity contribution in [2.75, 3.05) is 32.7 Å². The average Bonchev–Trinajstić information content (AvgIpc) is 3.13. The SMILES string of the molecule is CCCC(=O)NCC(=O)N1CCCC(CNC(=O)C2CCCN2)C1.Cl. The van der Waals surface area contributed by atoms with Gasteiger partial charge in [0.1, 0.15) is 0 Å². The van der Waals surface area contributed by atoms with Crippen LogP contribution in [-0.4, -0.2) is 61.4 Å². The summed E-state index contributed by atoms with van der Waals surface area (Å²) in [5, 5.41) is 8.88. The Morgan fingerprint density at radius 2 is 1.96 bits per heavy atom. The Balaban J connectivity index is 0.00000312. The number of carbonyl (C=O) groups excluding carboxylic acids is 3. The number of hydrogen-bond acceptors (Lipinski definition) is 4. The highest BCUT2D eigenvalue weighted by molar-refractivity contribution is 5.85. The maximum atomic E-state index is 12.2. The van der Waals surface area contributed by atoms with Gasteiger partial charge in [0.2, 0.25) is 17.7 Å². The Labute approximate surface area is 156 Å². The van der Waals surface area contributed by atoms with Crippen LogP contribution in [0.4, 0.5) is 0 Å². The van der Waals surface area contributed by atoms with Gasteiger partial charge in [-0.1, -0.05) is 6.92 Å². The fourth-order valence-corrected chi connectivity index (χ4v) is 3.34. The fraction of sp³-hybridized carbons (Fsp3) is 0.824. The summed E-state index contributed by atoms with van der Waals surface area (Å²) in [7, 11) is 0. The van der Waals surface area contributed by atoms with E-state index < -0.39 is 0 Å². The number of amides is 3. The van der Waals surface area contributed by atoms with Gasteiger partial charge < -0.3 is 20.9 Å². The number of nitrogens with zero attached hydrogens (tertiary/aromatic N) is 1. The molecule has 3 amide bonds. The minimum atomic E-state index is -0.0734. The first-order valence-electron chi connectivity index (χ1n) is 9.15. The van der Waals surface area contributed by atoms with Crippen LogP contribution in [0.1, 0.15) is 45.4 Å². The molecule has 2 heterocycles. The van der Waals surface area contributed by atoms with Crippen molar-refractivity contribution in [1.82, 2.24) is 20.9 Å². The van der Waals surface area contributed by atoms with Crippen molar-refractivity contribution in [1.29, 1.82) is 0 Å². The van der Waals surface area contributed by atoms with Crippen molar-refractivity contribution < 1.29 is 14.4 Å². The first-order valence-corrected chi connectivity index (χ1v) is 9.15. The minimum Gasteiger partial charge on any atom is -0.354 e. The molecular formula is C17H31ClN4O3. The molecule has 7 nitrogen and oxygen atoms in total. The van der Waals surface area contributed by atoms with Gasteiger partial charge in [-0.15, -0.1) is 12.4 Å². The number of likely N-dealkylation sites (tertiary alicyclic amines) is 1. The molecular weight excluding hydrogens is 344 g/mol. The van der Waals surface area contributed by atoms with Gasteiger partial charge in [-0.2, -0.15) is 0 Å². The molecule has 144 valence electrons. The van der Waals surface area contributed by atoms with Gasteiger partial charge in [0, 0.05) is 26.1 Å². The van der Waals surface area contributed by atoms with Crippen molar-refractivity contribution in [2.45, 2.75) is 51.5 Å². The highest BCUT2D eigenvalue weighted by Crippen LogP contribution is 2.16. The third-order valence-corrected chi connectivity index (χ3v) is 4.73. The molecule has 2 aliphatic rings. The molecule has 0 bridgehead atoms. The van der Waals surface area contributed by atoms with Crippen LogP contribution in [0.15, 0.2) is 0 Å². The zero-order chi connectivity index (χ0) is 17.4. The molecule has 8 heteroatoms. The molecule has 0 radical (unpaired) electrons. The van der Waals surface area contributed by atoms with Crippen LogP contribution >= 0.6 is 12.4 Å². The summed E-state index contributed by atoms with van der Waals surface area (Å²) in [6.07, 6.45) is 5.14. The van der Waals surface area contributed by atoms with E-state index in [9.17, 15) is 14.4 Å². The van der Waals surface area contributed by atoms with E-state index in [1.54, 1.807) is 4.90 Å². The second-order valence-corrected chi connectivity index (χ2v) is 6.77. The topological polar surface area (TPSA) is 90.5 Å². The number of piperidine rings is 1. The lowest BCUT2D eigenvalue weighted by Gasteiger charge is -2.33. The van der Waals surface area contributed by atoms with E-state index in [0.717, 1.165) is 45.2 Å². The summed E-state index contributed by atoms with van der Waals surface area (Å²) < 4.78 is 0. The second-order valence-electron chi connectivity index (χ2n) is 6.77. The summed E-state index contributed by atoms with van der Waals surface area (Å²) in [5.41, 5.74) is 0. The lowest BCUT2D eigenvalue weighted by Crippen LogP contribution is -2.48. The first-order chi connectivity index (χ1) is 11.6. The lowest BCUT2D eigenvalue weighted by atomic mass is 9.97. The van der Waals surface area contributed by atoms with E-state index in [0.29, 0.717) is 25.4 Å². The standard InChI is InChI=1S/C17H30N4O3.ClH/c1-2-5-15(22)19-11-16(23)21-9-4-6-13(12-21)10-20-17(24)14-7-3-8-18-14;/h13-14,18H,2-12H2,1H3,(H,19,22)(H,20,24);1H. The summed E-state index contributed by atoms with van der Waals surface area (Å²) >= 11 is 0. The van der Waals surface area contributed by atoms with Crippen LogP contribution in [0.5, 0.6) is 0 Å². The van der Waals surface area contributed by atoms with E-state index in [4.69, 9.17) is 0 Å². The third-order valence-electron chi connectivity index (χ3n) is 4.73. The molecule has 2 rings (SSSR count). The van der Waals surface area contributed by atoms with Crippen molar-refractivity contribution in [2.24, 2.45) is 5.92 Å². The summed E-state index contributed by atoms with van der Waals surface area (Å²) in [6, 6.07) is -0.0555. The lowest BCUT2D eigenvalue weighted by molar-refractivity contribution is -0.134. The van der Waals surface area contributed by atoms with Crippen LogP contribution in [0.25, 0.3) is 0 Å². The smallest absolute Gasteiger partial charge is 0.241 e. The molecule has 0 aromatic heterocycles.